The van der Waals surface area contributed by atoms with Crippen molar-refractivity contribution in [1.82, 2.24) is 0 Å². The zero-order valence-electron chi connectivity index (χ0n) is 14.8. The zero-order chi connectivity index (χ0) is 16.8. The lowest BCUT2D eigenvalue weighted by Gasteiger charge is -2.40. The van der Waals surface area contributed by atoms with E-state index in [9.17, 15) is 9.59 Å². The number of carbonyl (C=O) groups excluding carboxylic acids is 2. The van der Waals surface area contributed by atoms with Crippen LogP contribution < -0.4 is 0 Å². The van der Waals surface area contributed by atoms with E-state index in [1.54, 1.807) is 0 Å². The molecule has 0 radical (unpaired) electrons. The van der Waals surface area contributed by atoms with Gasteiger partial charge in [-0.25, -0.2) is 4.79 Å². The van der Waals surface area contributed by atoms with Crippen LogP contribution >= 0.6 is 0 Å². The van der Waals surface area contributed by atoms with E-state index in [-0.39, 0.29) is 23.4 Å². The molecule has 0 aromatic carbocycles. The van der Waals surface area contributed by atoms with Crippen LogP contribution in [-0.4, -0.2) is 17.9 Å². The van der Waals surface area contributed by atoms with E-state index in [1.165, 1.54) is 11.1 Å². The summed E-state index contributed by atoms with van der Waals surface area (Å²) in [5.41, 5.74) is 3.46. The van der Waals surface area contributed by atoms with Gasteiger partial charge in [-0.15, -0.1) is 0 Å². The first kappa shape index (κ1) is 16.5. The summed E-state index contributed by atoms with van der Waals surface area (Å²) in [7, 11) is 0. The van der Waals surface area contributed by atoms with E-state index in [0.717, 1.165) is 31.3 Å². The smallest absolute Gasteiger partial charge is 0.333 e. The van der Waals surface area contributed by atoms with Crippen LogP contribution in [0, 0.1) is 17.3 Å². The molecule has 0 N–H and O–H groups in total. The van der Waals surface area contributed by atoms with E-state index in [0.29, 0.717) is 24.5 Å². The number of ether oxygens (including phenoxy) is 1. The third-order valence-electron chi connectivity index (χ3n) is 6.11. The molecule has 0 spiro atoms. The first-order chi connectivity index (χ1) is 10.8. The number of Topliss-reactive ketones (excluding diaryl/α,β-unsaturated/α-hetero) is 1. The molecule has 23 heavy (non-hydrogen) atoms. The van der Waals surface area contributed by atoms with Gasteiger partial charge < -0.3 is 4.74 Å². The van der Waals surface area contributed by atoms with Crippen molar-refractivity contribution in [2.75, 3.05) is 0 Å². The highest BCUT2D eigenvalue weighted by atomic mass is 16.5. The Kier molecular flexibility index (Phi) is 4.24. The summed E-state index contributed by atoms with van der Waals surface area (Å²) in [6.45, 7) is 8.43. The molecule has 0 aromatic rings. The standard InChI is InChI=1S/C20H28O3/c1-12-5-7-20(4)8-6-16-14(3)19(22)23-17(18(16)20)11-13(2)10-15(21)9-12/h5,13,17-18H,6-11H2,1-4H3/b12-5+/t13-,17-,18+,20-/m1/s1. The topological polar surface area (TPSA) is 43.4 Å². The van der Waals surface area contributed by atoms with Crippen LogP contribution in [0.3, 0.4) is 0 Å². The number of hydrogen-bond acceptors (Lipinski definition) is 3. The van der Waals surface area contributed by atoms with Crippen molar-refractivity contribution in [1.29, 1.82) is 0 Å². The largest absolute Gasteiger partial charge is 0.458 e. The molecule has 0 unspecified atom stereocenters. The molecule has 1 saturated carbocycles. The van der Waals surface area contributed by atoms with Gasteiger partial charge in [0.05, 0.1) is 0 Å². The Hall–Kier alpha value is -1.38. The average Bonchev–Trinajstić information content (AvgIpc) is 2.80. The number of rotatable bonds is 0. The molecule has 2 aliphatic carbocycles. The van der Waals surface area contributed by atoms with Crippen molar-refractivity contribution in [3.63, 3.8) is 0 Å². The van der Waals surface area contributed by atoms with E-state index in [2.05, 4.69) is 26.8 Å². The summed E-state index contributed by atoms with van der Waals surface area (Å²) in [5, 5.41) is 0. The third kappa shape index (κ3) is 3.02. The number of hydrogen-bond donors (Lipinski definition) is 0. The zero-order valence-corrected chi connectivity index (χ0v) is 14.8. The number of carbonyl (C=O) groups is 2. The molecule has 4 atom stereocenters. The predicted octanol–water partition coefficient (Wildman–Crippen LogP) is 4.37. The van der Waals surface area contributed by atoms with Crippen molar-refractivity contribution in [2.24, 2.45) is 17.3 Å². The van der Waals surface area contributed by atoms with E-state index in [1.807, 2.05) is 6.92 Å². The van der Waals surface area contributed by atoms with Crippen molar-refractivity contribution < 1.29 is 14.3 Å². The van der Waals surface area contributed by atoms with Crippen LogP contribution in [0.1, 0.15) is 66.2 Å². The summed E-state index contributed by atoms with van der Waals surface area (Å²) >= 11 is 0. The summed E-state index contributed by atoms with van der Waals surface area (Å²) in [6.07, 6.45) is 7.21. The molecular formula is C20H28O3. The molecule has 0 saturated heterocycles. The van der Waals surface area contributed by atoms with Gasteiger partial charge in [0.1, 0.15) is 11.9 Å². The van der Waals surface area contributed by atoms with E-state index < -0.39 is 0 Å². The highest BCUT2D eigenvalue weighted by Crippen LogP contribution is 2.55. The van der Waals surface area contributed by atoms with E-state index in [4.69, 9.17) is 4.74 Å². The van der Waals surface area contributed by atoms with Crippen LogP contribution in [0.25, 0.3) is 0 Å². The maximum Gasteiger partial charge on any atom is 0.333 e. The van der Waals surface area contributed by atoms with Gasteiger partial charge in [0.25, 0.3) is 0 Å². The van der Waals surface area contributed by atoms with Gasteiger partial charge in [-0.2, -0.15) is 0 Å². The van der Waals surface area contributed by atoms with Crippen LogP contribution in [0.5, 0.6) is 0 Å². The van der Waals surface area contributed by atoms with Gasteiger partial charge in [-0.3, -0.25) is 4.79 Å². The Labute approximate surface area is 139 Å². The lowest BCUT2D eigenvalue weighted by atomic mass is 9.70. The molecule has 1 heterocycles. The van der Waals surface area contributed by atoms with Gasteiger partial charge in [0.2, 0.25) is 0 Å². The van der Waals surface area contributed by atoms with Crippen LogP contribution in [0.2, 0.25) is 0 Å². The maximum atomic E-state index is 12.2. The van der Waals surface area contributed by atoms with Gasteiger partial charge >= 0.3 is 5.97 Å². The van der Waals surface area contributed by atoms with Gasteiger partial charge in [-0.1, -0.05) is 31.1 Å². The molecule has 0 bridgehead atoms. The van der Waals surface area contributed by atoms with Gasteiger partial charge in [-0.05, 0) is 50.9 Å². The SMILES string of the molecule is CC1=C2CC[C@@]3(C)C/C=C(\C)CC(=O)C[C@@H](C)C[C@@H](OC1=O)[C@H]23. The fraction of sp³-hybridized carbons (Fsp3) is 0.700. The molecule has 1 aliphatic heterocycles. The monoisotopic (exact) mass is 316 g/mol. The molecule has 3 aliphatic rings. The minimum absolute atomic E-state index is 0.0664. The summed E-state index contributed by atoms with van der Waals surface area (Å²) in [6, 6.07) is 0. The fourth-order valence-electron chi connectivity index (χ4n) is 4.82. The van der Waals surface area contributed by atoms with Crippen LogP contribution in [0.4, 0.5) is 0 Å². The van der Waals surface area contributed by atoms with Gasteiger partial charge in [0.15, 0.2) is 0 Å². The summed E-state index contributed by atoms with van der Waals surface area (Å²) in [5.74, 6) is 0.735. The third-order valence-corrected chi connectivity index (χ3v) is 6.11. The molecule has 1 fully saturated rings. The van der Waals surface area contributed by atoms with Crippen molar-refractivity contribution in [3.8, 4) is 0 Å². The van der Waals surface area contributed by atoms with Crippen LogP contribution in [-0.2, 0) is 14.3 Å². The van der Waals surface area contributed by atoms with E-state index >= 15 is 0 Å². The highest BCUT2D eigenvalue weighted by Gasteiger charge is 2.50. The van der Waals surface area contributed by atoms with Crippen LogP contribution in [0.15, 0.2) is 22.8 Å². The van der Waals surface area contributed by atoms with Crippen molar-refractivity contribution in [2.45, 2.75) is 72.3 Å². The summed E-state index contributed by atoms with van der Waals surface area (Å²) in [4.78, 5) is 24.4. The molecule has 126 valence electrons. The predicted molar refractivity (Wildman–Crippen MR) is 89.8 cm³/mol. The molecule has 3 nitrogen and oxygen atoms in total. The minimum atomic E-state index is -0.148. The Balaban J connectivity index is 2.02. The lowest BCUT2D eigenvalue weighted by molar-refractivity contribution is -0.151. The average molecular weight is 316 g/mol. The second kappa shape index (κ2) is 5.92. The van der Waals surface area contributed by atoms with Gasteiger partial charge in [0, 0.05) is 24.3 Å². The normalized spacial score (nSPS) is 40.9. The Morgan fingerprint density at radius 3 is 2.74 bits per heavy atom. The number of ketones is 1. The molecular weight excluding hydrogens is 288 g/mol. The first-order valence-electron chi connectivity index (χ1n) is 8.88. The molecule has 3 heteroatoms. The quantitative estimate of drug-likeness (QED) is 0.492. The van der Waals surface area contributed by atoms with Crippen molar-refractivity contribution in [3.05, 3.63) is 22.8 Å². The molecule has 0 aromatic heterocycles. The minimum Gasteiger partial charge on any atom is -0.458 e. The molecule has 3 rings (SSSR count). The first-order valence-corrected chi connectivity index (χ1v) is 8.88. The Morgan fingerprint density at radius 1 is 1.26 bits per heavy atom. The Morgan fingerprint density at radius 2 is 2.00 bits per heavy atom. The number of allylic oxidation sites excluding steroid dienone is 2. The molecule has 0 amide bonds. The fourth-order valence-corrected chi connectivity index (χ4v) is 4.82. The maximum absolute atomic E-state index is 12.2. The lowest BCUT2D eigenvalue weighted by Crippen LogP contribution is -2.40. The second-order valence-electron chi connectivity index (χ2n) is 8.24. The number of esters is 1. The van der Waals surface area contributed by atoms with Crippen molar-refractivity contribution >= 4 is 11.8 Å². The highest BCUT2D eigenvalue weighted by molar-refractivity contribution is 5.90. The Bertz CT molecular complexity index is 598. The summed E-state index contributed by atoms with van der Waals surface area (Å²) < 4.78 is 5.82. The second-order valence-corrected chi connectivity index (χ2v) is 8.24.